The second kappa shape index (κ2) is 8.74. The maximum absolute atomic E-state index is 15.0. The first-order chi connectivity index (χ1) is 16.2. The van der Waals surface area contributed by atoms with Crippen LogP contribution >= 0.6 is 11.3 Å². The zero-order chi connectivity index (χ0) is 24.1. The molecule has 6 nitrogen and oxygen atoms in total. The Bertz CT molecular complexity index is 1270. The first-order valence-corrected chi connectivity index (χ1v) is 12.2. The van der Waals surface area contributed by atoms with Crippen LogP contribution in [0, 0.1) is 24.4 Å². The summed E-state index contributed by atoms with van der Waals surface area (Å²) >= 11 is 1.07. The second-order valence-electron chi connectivity index (χ2n) is 9.23. The number of hydrogen-bond acceptors (Lipinski definition) is 6. The molecule has 0 aliphatic carbocycles. The maximum Gasteiger partial charge on any atom is 0.263 e. The van der Waals surface area contributed by atoms with Crippen molar-refractivity contribution >= 4 is 38.8 Å². The quantitative estimate of drug-likeness (QED) is 0.503. The van der Waals surface area contributed by atoms with Gasteiger partial charge >= 0.3 is 0 Å². The van der Waals surface area contributed by atoms with E-state index >= 15 is 0 Å². The van der Waals surface area contributed by atoms with E-state index in [0.717, 1.165) is 24.2 Å². The van der Waals surface area contributed by atoms with E-state index in [1.54, 1.807) is 6.92 Å². The van der Waals surface area contributed by atoms with Gasteiger partial charge in [-0.3, -0.25) is 4.79 Å². The zero-order valence-corrected chi connectivity index (χ0v) is 19.7. The van der Waals surface area contributed by atoms with Crippen LogP contribution in [-0.4, -0.2) is 42.6 Å². The van der Waals surface area contributed by atoms with Crippen LogP contribution < -0.4 is 21.3 Å². The van der Waals surface area contributed by atoms with Gasteiger partial charge in [-0.15, -0.1) is 11.3 Å². The van der Waals surface area contributed by atoms with Gasteiger partial charge in [0.1, 0.15) is 27.2 Å². The predicted molar refractivity (Wildman–Crippen MR) is 128 cm³/mol. The van der Waals surface area contributed by atoms with E-state index in [-0.39, 0.29) is 34.1 Å². The van der Waals surface area contributed by atoms with E-state index in [0.29, 0.717) is 35.4 Å². The number of hydrogen-bond donors (Lipinski definition) is 3. The molecule has 0 saturated carbocycles. The third-order valence-electron chi connectivity index (χ3n) is 6.78. The number of nitrogens with two attached hydrogens (primary N) is 1. The number of carbonyl (C=O) groups excluding carboxylic acids is 1. The lowest BCUT2D eigenvalue weighted by Crippen LogP contribution is -2.51. The molecule has 34 heavy (non-hydrogen) atoms. The molecule has 2 saturated heterocycles. The number of nitrogens with zero attached hydrogens (tertiary/aromatic N) is 2. The number of rotatable bonds is 5. The van der Waals surface area contributed by atoms with Gasteiger partial charge < -0.3 is 21.3 Å². The van der Waals surface area contributed by atoms with Gasteiger partial charge in [0.15, 0.2) is 0 Å². The summed E-state index contributed by atoms with van der Waals surface area (Å²) in [6.45, 7) is 4.66. The van der Waals surface area contributed by atoms with Gasteiger partial charge in [-0.2, -0.15) is 0 Å². The third kappa shape index (κ3) is 4.09. The molecule has 2 aliphatic rings. The topological polar surface area (TPSA) is 83.3 Å². The van der Waals surface area contributed by atoms with Crippen molar-refractivity contribution in [2.24, 2.45) is 0 Å². The Labute approximate surface area is 199 Å². The van der Waals surface area contributed by atoms with E-state index in [9.17, 15) is 18.0 Å². The maximum atomic E-state index is 15.0. The normalized spacial score (nSPS) is 20.7. The van der Waals surface area contributed by atoms with Gasteiger partial charge in [0.25, 0.3) is 5.91 Å². The standard InChI is InChI=1S/C24H26F3N5OS/c1-11(8-29-23(33)22-21(28)16-6-17(25)12(2)30-24(16)34-22)15-5-19(27)20(7-18(15)26)32-9-13-3-4-14(10-32)31-13/h5-7,11,13-14,31H,3-4,8-10,28H2,1-2H3,(H,29,33)/t11-,13?,14?/m1/s1. The number of fused-ring (bicyclic) bond motifs is 3. The highest BCUT2D eigenvalue weighted by molar-refractivity contribution is 7.21. The van der Waals surface area contributed by atoms with Gasteiger partial charge in [-0.25, -0.2) is 18.2 Å². The van der Waals surface area contributed by atoms with E-state index in [1.165, 1.54) is 25.1 Å². The van der Waals surface area contributed by atoms with Crippen molar-refractivity contribution in [2.75, 3.05) is 30.3 Å². The average molecular weight is 490 g/mol. The Hall–Kier alpha value is -2.85. The van der Waals surface area contributed by atoms with E-state index in [1.807, 2.05) is 4.90 Å². The largest absolute Gasteiger partial charge is 0.397 e. The minimum absolute atomic E-state index is 0.0842. The van der Waals surface area contributed by atoms with Gasteiger partial charge in [-0.05, 0) is 37.5 Å². The van der Waals surface area contributed by atoms with Gasteiger partial charge in [-0.1, -0.05) is 6.92 Å². The summed E-state index contributed by atoms with van der Waals surface area (Å²) in [7, 11) is 0. The highest BCUT2D eigenvalue weighted by atomic mass is 32.1. The SMILES string of the molecule is Cc1nc2sc(C(=O)NC[C@@H](C)c3cc(F)c(N4CC5CCC(C4)N5)cc3F)c(N)c2cc1F. The third-order valence-corrected chi connectivity index (χ3v) is 7.89. The molecule has 2 bridgehead atoms. The fraction of sp³-hybridized carbons (Fsp3) is 0.417. The zero-order valence-electron chi connectivity index (χ0n) is 18.9. The molecule has 4 heterocycles. The smallest absolute Gasteiger partial charge is 0.263 e. The Kier molecular flexibility index (Phi) is 5.89. The number of nitrogens with one attached hydrogen (secondary N) is 2. The summed E-state index contributed by atoms with van der Waals surface area (Å²) < 4.78 is 43.8. The van der Waals surface area contributed by atoms with Crippen molar-refractivity contribution in [1.82, 2.24) is 15.6 Å². The van der Waals surface area contributed by atoms with Crippen molar-refractivity contribution in [1.29, 1.82) is 0 Å². The molecule has 0 spiro atoms. The van der Waals surface area contributed by atoms with Crippen molar-refractivity contribution in [3.8, 4) is 0 Å². The van der Waals surface area contributed by atoms with E-state index in [4.69, 9.17) is 5.73 Å². The summed E-state index contributed by atoms with van der Waals surface area (Å²) in [5, 5.41) is 6.60. The van der Waals surface area contributed by atoms with Crippen molar-refractivity contribution in [3.05, 3.63) is 51.8 Å². The summed E-state index contributed by atoms with van der Waals surface area (Å²) in [6, 6.07) is 4.39. The number of amides is 1. The summed E-state index contributed by atoms with van der Waals surface area (Å²) in [5.41, 5.74) is 6.92. The molecule has 180 valence electrons. The van der Waals surface area contributed by atoms with Crippen LogP contribution in [0.15, 0.2) is 18.2 Å². The molecule has 2 unspecified atom stereocenters. The second-order valence-corrected chi connectivity index (χ2v) is 10.2. The van der Waals surface area contributed by atoms with Crippen molar-refractivity contribution < 1.29 is 18.0 Å². The molecule has 1 aromatic carbocycles. The van der Waals surface area contributed by atoms with E-state index < -0.39 is 29.3 Å². The number of benzene rings is 1. The monoisotopic (exact) mass is 489 g/mol. The molecule has 5 rings (SSSR count). The number of piperazine rings is 1. The van der Waals surface area contributed by atoms with Crippen LogP contribution in [0.1, 0.15) is 46.6 Å². The fourth-order valence-electron chi connectivity index (χ4n) is 4.87. The molecule has 10 heteroatoms. The Morgan fingerprint density at radius 3 is 2.62 bits per heavy atom. The molecule has 1 amide bonds. The molecule has 3 aromatic rings. The summed E-state index contributed by atoms with van der Waals surface area (Å²) in [5.74, 6) is -2.39. The summed E-state index contributed by atoms with van der Waals surface area (Å²) in [6.07, 6.45) is 2.10. The molecule has 2 aromatic heterocycles. The molecule has 4 N–H and O–H groups in total. The van der Waals surface area contributed by atoms with Gasteiger partial charge in [0.2, 0.25) is 0 Å². The predicted octanol–water partition coefficient (Wildman–Crippen LogP) is 4.08. The van der Waals surface area contributed by atoms with Crippen LogP contribution in [0.5, 0.6) is 0 Å². The summed E-state index contributed by atoms with van der Waals surface area (Å²) in [4.78, 5) is 19.5. The number of halogens is 3. The van der Waals surface area contributed by atoms with Gasteiger partial charge in [0, 0.05) is 49.1 Å². The Morgan fingerprint density at radius 1 is 1.21 bits per heavy atom. The number of aromatic nitrogens is 1. The van der Waals surface area contributed by atoms with Crippen LogP contribution in [0.2, 0.25) is 0 Å². The lowest BCUT2D eigenvalue weighted by molar-refractivity contribution is 0.0956. The van der Waals surface area contributed by atoms with Crippen LogP contribution in [0.3, 0.4) is 0 Å². The Balaban J connectivity index is 1.29. The highest BCUT2D eigenvalue weighted by Crippen LogP contribution is 2.34. The first-order valence-electron chi connectivity index (χ1n) is 11.3. The molecular weight excluding hydrogens is 463 g/mol. The molecule has 3 atom stereocenters. The molecular formula is C24H26F3N5OS. The number of nitrogen functional groups attached to an aromatic ring is 1. The molecule has 0 radical (unpaired) electrons. The minimum atomic E-state index is -0.499. The Morgan fingerprint density at radius 2 is 1.91 bits per heavy atom. The van der Waals surface area contributed by atoms with Crippen LogP contribution in [0.25, 0.3) is 10.2 Å². The van der Waals surface area contributed by atoms with Crippen molar-refractivity contribution in [3.63, 3.8) is 0 Å². The number of pyridine rings is 1. The molecule has 2 fully saturated rings. The average Bonchev–Trinajstić information content (AvgIpc) is 3.31. The van der Waals surface area contributed by atoms with Crippen LogP contribution in [0.4, 0.5) is 24.5 Å². The van der Waals surface area contributed by atoms with Gasteiger partial charge in [0.05, 0.1) is 17.1 Å². The fourth-order valence-corrected chi connectivity index (χ4v) is 5.91. The number of aryl methyl sites for hydroxylation is 1. The van der Waals surface area contributed by atoms with Crippen molar-refractivity contribution in [2.45, 2.75) is 44.7 Å². The van der Waals surface area contributed by atoms with E-state index in [2.05, 4.69) is 15.6 Å². The first kappa shape index (κ1) is 22.9. The number of carbonyl (C=O) groups is 1. The number of thiophene rings is 1. The van der Waals surface area contributed by atoms with Crippen LogP contribution in [-0.2, 0) is 0 Å². The number of anilines is 2. The highest BCUT2D eigenvalue weighted by Gasteiger charge is 2.33. The lowest BCUT2D eigenvalue weighted by atomic mass is 9.99. The lowest BCUT2D eigenvalue weighted by Gasteiger charge is -2.35. The minimum Gasteiger partial charge on any atom is -0.397 e. The molecule has 2 aliphatic heterocycles.